The van der Waals surface area contributed by atoms with Crippen LogP contribution >= 0.6 is 11.6 Å². The highest BCUT2D eigenvalue weighted by Crippen LogP contribution is 2.29. The van der Waals surface area contributed by atoms with E-state index in [2.05, 4.69) is 19.2 Å². The Hall–Kier alpha value is -1.71. The van der Waals surface area contributed by atoms with Gasteiger partial charge in [-0.1, -0.05) is 31.5 Å². The van der Waals surface area contributed by atoms with E-state index in [0.717, 1.165) is 22.8 Å². The Morgan fingerprint density at radius 3 is 2.57 bits per heavy atom. The molecule has 0 radical (unpaired) electrons. The summed E-state index contributed by atoms with van der Waals surface area (Å²) in [6.45, 7) is 4.91. The molecule has 0 aliphatic rings. The molecular formula is C17H20ClNO2. The molecule has 1 N–H and O–H groups in total. The van der Waals surface area contributed by atoms with Gasteiger partial charge in [0.05, 0.1) is 7.11 Å². The van der Waals surface area contributed by atoms with Crippen LogP contribution in [0.4, 0.5) is 0 Å². The molecule has 4 heteroatoms. The maximum Gasteiger partial charge on any atom is 0.132 e. The first kappa shape index (κ1) is 15.7. The van der Waals surface area contributed by atoms with Gasteiger partial charge in [-0.2, -0.15) is 0 Å². The van der Waals surface area contributed by atoms with Crippen LogP contribution in [0.2, 0.25) is 5.02 Å². The Morgan fingerprint density at radius 1 is 1.10 bits per heavy atom. The summed E-state index contributed by atoms with van der Waals surface area (Å²) < 4.78 is 11.2. The third-order valence-corrected chi connectivity index (χ3v) is 3.23. The van der Waals surface area contributed by atoms with Crippen molar-refractivity contribution < 1.29 is 9.47 Å². The van der Waals surface area contributed by atoms with Crippen LogP contribution in [-0.2, 0) is 6.54 Å². The van der Waals surface area contributed by atoms with Crippen LogP contribution in [-0.4, -0.2) is 13.2 Å². The van der Waals surface area contributed by atoms with Gasteiger partial charge in [0.1, 0.15) is 17.2 Å². The normalized spacial score (nSPS) is 10.7. The Labute approximate surface area is 130 Å². The smallest absolute Gasteiger partial charge is 0.132 e. The molecule has 0 spiro atoms. The van der Waals surface area contributed by atoms with Crippen molar-refractivity contribution in [1.82, 2.24) is 5.32 Å². The molecule has 0 bridgehead atoms. The highest BCUT2D eigenvalue weighted by Gasteiger charge is 2.07. The molecule has 21 heavy (non-hydrogen) atoms. The van der Waals surface area contributed by atoms with E-state index in [9.17, 15) is 0 Å². The highest BCUT2D eigenvalue weighted by molar-refractivity contribution is 6.30. The van der Waals surface area contributed by atoms with Crippen LogP contribution < -0.4 is 14.8 Å². The number of hydrogen-bond donors (Lipinski definition) is 1. The minimum Gasteiger partial charge on any atom is -0.497 e. The second-order valence-electron chi connectivity index (χ2n) is 5.07. The minimum absolute atomic E-state index is 0.397. The lowest BCUT2D eigenvalue weighted by Crippen LogP contribution is -2.22. The van der Waals surface area contributed by atoms with Crippen molar-refractivity contribution in [2.75, 3.05) is 7.11 Å². The zero-order valence-electron chi connectivity index (χ0n) is 12.5. The van der Waals surface area contributed by atoms with Crippen molar-refractivity contribution in [2.24, 2.45) is 0 Å². The lowest BCUT2D eigenvalue weighted by molar-refractivity contribution is 0.408. The predicted molar refractivity (Wildman–Crippen MR) is 86.5 cm³/mol. The summed E-state index contributed by atoms with van der Waals surface area (Å²) in [6, 6.07) is 13.6. The zero-order chi connectivity index (χ0) is 15.2. The fourth-order valence-corrected chi connectivity index (χ4v) is 2.09. The summed E-state index contributed by atoms with van der Waals surface area (Å²) >= 11 is 6.08. The van der Waals surface area contributed by atoms with Crippen molar-refractivity contribution in [1.29, 1.82) is 0 Å². The fraction of sp³-hybridized carbons (Fsp3) is 0.294. The second kappa shape index (κ2) is 7.34. The molecule has 0 fully saturated rings. The van der Waals surface area contributed by atoms with Gasteiger partial charge in [0.2, 0.25) is 0 Å². The molecule has 0 saturated heterocycles. The summed E-state index contributed by atoms with van der Waals surface area (Å²) in [4.78, 5) is 0. The van der Waals surface area contributed by atoms with E-state index in [1.165, 1.54) is 0 Å². The molecule has 0 aliphatic heterocycles. The van der Waals surface area contributed by atoms with Crippen LogP contribution in [0.1, 0.15) is 19.4 Å². The number of methoxy groups -OCH3 is 1. The van der Waals surface area contributed by atoms with Crippen molar-refractivity contribution in [3.05, 3.63) is 53.1 Å². The monoisotopic (exact) mass is 305 g/mol. The lowest BCUT2D eigenvalue weighted by Gasteiger charge is -2.14. The number of nitrogens with one attached hydrogen (secondary N) is 1. The summed E-state index contributed by atoms with van der Waals surface area (Å²) in [5.74, 6) is 2.30. The van der Waals surface area contributed by atoms with Gasteiger partial charge < -0.3 is 14.8 Å². The van der Waals surface area contributed by atoms with Gasteiger partial charge in [0.15, 0.2) is 0 Å². The predicted octanol–water partition coefficient (Wildman–Crippen LogP) is 4.64. The van der Waals surface area contributed by atoms with Gasteiger partial charge in [0.25, 0.3) is 0 Å². The molecule has 0 unspecified atom stereocenters. The molecule has 0 amide bonds. The third kappa shape index (κ3) is 4.66. The molecule has 0 atom stereocenters. The van der Waals surface area contributed by atoms with Gasteiger partial charge in [-0.3, -0.25) is 0 Å². The average molecular weight is 306 g/mol. The third-order valence-electron chi connectivity index (χ3n) is 2.99. The first-order valence-electron chi connectivity index (χ1n) is 6.92. The van der Waals surface area contributed by atoms with Crippen molar-refractivity contribution >= 4 is 11.6 Å². The fourth-order valence-electron chi connectivity index (χ4n) is 1.89. The van der Waals surface area contributed by atoms with E-state index >= 15 is 0 Å². The number of halogens is 1. The van der Waals surface area contributed by atoms with Gasteiger partial charge in [-0.15, -0.1) is 0 Å². The quantitative estimate of drug-likeness (QED) is 0.843. The van der Waals surface area contributed by atoms with Crippen molar-refractivity contribution in [3.63, 3.8) is 0 Å². The summed E-state index contributed by atoms with van der Waals surface area (Å²) in [6.07, 6.45) is 0. The van der Waals surface area contributed by atoms with Gasteiger partial charge in [-0.25, -0.2) is 0 Å². The molecule has 0 saturated carbocycles. The second-order valence-corrected chi connectivity index (χ2v) is 5.51. The van der Waals surface area contributed by atoms with Crippen LogP contribution in [0.25, 0.3) is 0 Å². The summed E-state index contributed by atoms with van der Waals surface area (Å²) in [5.41, 5.74) is 1.03. The molecule has 2 aromatic rings. The standard InChI is InChI=1S/C17H20ClNO2/c1-12(2)19-11-13-9-14(18)7-8-17(13)21-16-6-4-5-15(10-16)20-3/h4-10,12,19H,11H2,1-3H3. The molecule has 3 nitrogen and oxygen atoms in total. The molecule has 0 aliphatic carbocycles. The average Bonchev–Trinajstić information content (AvgIpc) is 2.47. The number of hydrogen-bond acceptors (Lipinski definition) is 3. The van der Waals surface area contributed by atoms with Crippen LogP contribution in [0.15, 0.2) is 42.5 Å². The van der Waals surface area contributed by atoms with Gasteiger partial charge in [0, 0.05) is 29.2 Å². The van der Waals surface area contributed by atoms with Gasteiger partial charge in [-0.05, 0) is 30.3 Å². The van der Waals surface area contributed by atoms with E-state index in [1.54, 1.807) is 7.11 Å². The summed E-state index contributed by atoms with van der Waals surface area (Å²) in [5, 5.41) is 4.08. The number of benzene rings is 2. The van der Waals surface area contributed by atoms with Crippen LogP contribution in [0.3, 0.4) is 0 Å². The SMILES string of the molecule is COc1cccc(Oc2ccc(Cl)cc2CNC(C)C)c1. The molecule has 2 aromatic carbocycles. The minimum atomic E-state index is 0.397. The highest BCUT2D eigenvalue weighted by atomic mass is 35.5. The Morgan fingerprint density at radius 2 is 1.86 bits per heavy atom. The van der Waals surface area contributed by atoms with E-state index in [4.69, 9.17) is 21.1 Å². The van der Waals surface area contributed by atoms with Crippen molar-refractivity contribution in [3.8, 4) is 17.2 Å². The van der Waals surface area contributed by atoms with E-state index in [0.29, 0.717) is 17.6 Å². The maximum atomic E-state index is 6.08. The molecule has 112 valence electrons. The largest absolute Gasteiger partial charge is 0.497 e. The molecule has 0 heterocycles. The summed E-state index contributed by atoms with van der Waals surface area (Å²) in [7, 11) is 1.64. The van der Waals surface area contributed by atoms with Crippen molar-refractivity contribution in [2.45, 2.75) is 26.4 Å². The van der Waals surface area contributed by atoms with E-state index in [1.807, 2.05) is 42.5 Å². The Bertz CT molecular complexity index is 599. The van der Waals surface area contributed by atoms with E-state index in [-0.39, 0.29) is 0 Å². The zero-order valence-corrected chi connectivity index (χ0v) is 13.3. The van der Waals surface area contributed by atoms with Crippen LogP contribution in [0, 0.1) is 0 Å². The first-order chi connectivity index (χ1) is 10.1. The van der Waals surface area contributed by atoms with Gasteiger partial charge >= 0.3 is 0 Å². The first-order valence-corrected chi connectivity index (χ1v) is 7.30. The Kier molecular flexibility index (Phi) is 5.48. The molecular weight excluding hydrogens is 286 g/mol. The lowest BCUT2D eigenvalue weighted by atomic mass is 10.2. The molecule has 2 rings (SSSR count). The number of rotatable bonds is 6. The molecule has 0 aromatic heterocycles. The Balaban J connectivity index is 2.21. The number of ether oxygens (including phenoxy) is 2. The van der Waals surface area contributed by atoms with Crippen LogP contribution in [0.5, 0.6) is 17.2 Å². The van der Waals surface area contributed by atoms with E-state index < -0.39 is 0 Å². The topological polar surface area (TPSA) is 30.5 Å². The maximum absolute atomic E-state index is 6.08.